The van der Waals surface area contributed by atoms with Gasteiger partial charge in [-0.15, -0.1) is 0 Å². The smallest absolute Gasteiger partial charge is 0.304 e. The van der Waals surface area contributed by atoms with E-state index in [1.807, 2.05) is 12.1 Å². The van der Waals surface area contributed by atoms with Crippen molar-refractivity contribution >= 4 is 28.9 Å². The van der Waals surface area contributed by atoms with Crippen molar-refractivity contribution in [3.63, 3.8) is 0 Å². The van der Waals surface area contributed by atoms with Crippen molar-refractivity contribution < 1.29 is 9.79 Å². The molecule has 5 heteroatoms. The fraction of sp³-hybridized carbons (Fsp3) is 0.667. The highest BCUT2D eigenvalue weighted by Crippen LogP contribution is 2.45. The van der Waals surface area contributed by atoms with Crippen LogP contribution in [0.4, 0.5) is 0 Å². The molecule has 0 heterocycles. The van der Waals surface area contributed by atoms with Crippen LogP contribution in [0.3, 0.4) is 0 Å². The van der Waals surface area contributed by atoms with Gasteiger partial charge in [0.2, 0.25) is 4.90 Å². The lowest BCUT2D eigenvalue weighted by Gasteiger charge is -2.09. The molecule has 132 valence electrons. The Morgan fingerprint density at radius 1 is 0.913 bits per heavy atom. The van der Waals surface area contributed by atoms with Gasteiger partial charge < -0.3 is 9.79 Å². The molecule has 2 nitrogen and oxygen atoms in total. The number of rotatable bonds is 11. The van der Waals surface area contributed by atoms with Gasteiger partial charge in [0.25, 0.3) is 10.9 Å². The van der Waals surface area contributed by atoms with Crippen LogP contribution in [0.25, 0.3) is 0 Å². The van der Waals surface area contributed by atoms with Crippen molar-refractivity contribution in [3.05, 3.63) is 29.3 Å². The molecule has 0 saturated heterocycles. The SMILES string of the molecule is CCCCCCc1cccc([S+]=P(O)(O)S)c1CCCCCC. The van der Waals surface area contributed by atoms with E-state index in [0.29, 0.717) is 0 Å². The Bertz CT molecular complexity index is 503. The minimum atomic E-state index is -3.15. The van der Waals surface area contributed by atoms with Crippen LogP contribution in [0.1, 0.15) is 76.3 Å². The fourth-order valence-electron chi connectivity index (χ4n) is 2.82. The van der Waals surface area contributed by atoms with E-state index in [4.69, 9.17) is 0 Å². The van der Waals surface area contributed by atoms with E-state index in [-0.39, 0.29) is 0 Å². The molecule has 1 aromatic carbocycles. The van der Waals surface area contributed by atoms with Crippen LogP contribution in [-0.2, 0) is 23.8 Å². The second-order valence-corrected chi connectivity index (χ2v) is 12.3. The van der Waals surface area contributed by atoms with E-state index in [2.05, 4.69) is 32.2 Å². The summed E-state index contributed by atoms with van der Waals surface area (Å²) in [7, 11) is 1.14. The normalized spacial score (nSPS) is 11.7. The standard InChI is InChI=1S/C18H32O2PS2/c1-3-5-7-9-12-16-13-11-15-18(23-21(19,20)22)17(16)14-10-8-6-4-2/h11,13,15,19-20,22H,3-10,12,14H2,1-2H3/q+1. The first-order valence-electron chi connectivity index (χ1n) is 8.85. The molecule has 0 aliphatic rings. The zero-order chi connectivity index (χ0) is 17.1. The molecule has 1 aromatic rings. The largest absolute Gasteiger partial charge is 0.434 e. The van der Waals surface area contributed by atoms with Gasteiger partial charge in [-0.1, -0.05) is 64.5 Å². The Kier molecular flexibility index (Phi) is 10.7. The Labute approximate surface area is 151 Å². The molecular weight excluding hydrogens is 343 g/mol. The predicted octanol–water partition coefficient (Wildman–Crippen LogP) is 5.97. The lowest BCUT2D eigenvalue weighted by molar-refractivity contribution is 0.502. The monoisotopic (exact) mass is 375 g/mol. The van der Waals surface area contributed by atoms with Gasteiger partial charge in [0.1, 0.15) is 0 Å². The summed E-state index contributed by atoms with van der Waals surface area (Å²) in [5.74, 6) is 0. The Morgan fingerprint density at radius 2 is 1.52 bits per heavy atom. The van der Waals surface area contributed by atoms with Crippen LogP contribution in [0.15, 0.2) is 23.1 Å². The van der Waals surface area contributed by atoms with Gasteiger partial charge in [-0.25, -0.2) is 0 Å². The van der Waals surface area contributed by atoms with Crippen LogP contribution in [0.2, 0.25) is 0 Å². The molecule has 0 amide bonds. The van der Waals surface area contributed by atoms with Gasteiger partial charge >= 0.3 is 5.69 Å². The molecule has 0 bridgehead atoms. The number of unbranched alkanes of at least 4 members (excludes halogenated alkanes) is 6. The Hall–Kier alpha value is 0.140. The molecule has 23 heavy (non-hydrogen) atoms. The minimum Gasteiger partial charge on any atom is -0.304 e. The van der Waals surface area contributed by atoms with Gasteiger partial charge in [-0.3, -0.25) is 0 Å². The van der Waals surface area contributed by atoms with Crippen molar-refractivity contribution in [2.45, 2.75) is 83.0 Å². The number of hydrogen-bond donors (Lipinski definition) is 3. The van der Waals surface area contributed by atoms with Crippen LogP contribution >= 0.6 is 17.9 Å². The number of hydrogen-bond acceptors (Lipinski definition) is 0. The Balaban J connectivity index is 2.91. The van der Waals surface area contributed by atoms with Gasteiger partial charge in [-0.05, 0) is 43.5 Å². The molecule has 1 rings (SSSR count). The van der Waals surface area contributed by atoms with Crippen molar-refractivity contribution in [2.75, 3.05) is 0 Å². The number of benzene rings is 1. The fourth-order valence-corrected chi connectivity index (χ4v) is 5.66. The molecule has 2 N–H and O–H groups in total. The lowest BCUT2D eigenvalue weighted by atomic mass is 9.96. The quantitative estimate of drug-likeness (QED) is 0.193. The number of aryl methyl sites for hydroxylation is 1. The molecule has 0 fully saturated rings. The van der Waals surface area contributed by atoms with Gasteiger partial charge in [0, 0.05) is 11.6 Å². The van der Waals surface area contributed by atoms with E-state index < -0.39 is 5.69 Å². The molecule has 0 aromatic heterocycles. The molecule has 0 aliphatic carbocycles. The van der Waals surface area contributed by atoms with Gasteiger partial charge in [-0.2, -0.15) is 0 Å². The van der Waals surface area contributed by atoms with E-state index in [1.54, 1.807) is 0 Å². The van der Waals surface area contributed by atoms with Crippen LogP contribution in [0, 0.1) is 0 Å². The molecule has 0 atom stereocenters. The summed E-state index contributed by atoms with van der Waals surface area (Å²) in [6, 6.07) is 6.25. The first kappa shape index (κ1) is 21.2. The second-order valence-electron chi connectivity index (χ2n) is 6.12. The molecule has 0 saturated carbocycles. The average Bonchev–Trinajstić information content (AvgIpc) is 2.48. The maximum absolute atomic E-state index is 9.74. The third-order valence-electron chi connectivity index (χ3n) is 4.03. The topological polar surface area (TPSA) is 40.5 Å². The van der Waals surface area contributed by atoms with Crippen molar-refractivity contribution in [2.24, 2.45) is 0 Å². The second kappa shape index (κ2) is 11.7. The van der Waals surface area contributed by atoms with Crippen LogP contribution < -0.4 is 0 Å². The molecule has 0 aliphatic heterocycles. The van der Waals surface area contributed by atoms with Gasteiger partial charge in [0.15, 0.2) is 0 Å². The molecular formula is C18H32O2PS2+. The van der Waals surface area contributed by atoms with Crippen molar-refractivity contribution in [3.8, 4) is 0 Å². The Morgan fingerprint density at radius 3 is 2.09 bits per heavy atom. The zero-order valence-electron chi connectivity index (χ0n) is 14.5. The highest BCUT2D eigenvalue weighted by Gasteiger charge is 2.23. The molecule has 0 spiro atoms. The summed E-state index contributed by atoms with van der Waals surface area (Å²) in [5, 5.41) is 0. The van der Waals surface area contributed by atoms with Crippen LogP contribution in [0.5, 0.6) is 0 Å². The molecule has 0 radical (unpaired) electrons. The molecule has 0 unspecified atom stereocenters. The highest BCUT2D eigenvalue weighted by molar-refractivity contribution is 8.62. The summed E-state index contributed by atoms with van der Waals surface area (Å²) >= 11 is 3.96. The summed E-state index contributed by atoms with van der Waals surface area (Å²) in [5.41, 5.74) is -0.464. The van der Waals surface area contributed by atoms with Crippen molar-refractivity contribution in [1.82, 2.24) is 0 Å². The summed E-state index contributed by atoms with van der Waals surface area (Å²) < 4.78 is 0. The zero-order valence-corrected chi connectivity index (χ0v) is 17.1. The van der Waals surface area contributed by atoms with E-state index in [9.17, 15) is 9.79 Å². The third-order valence-corrected chi connectivity index (χ3v) is 6.91. The predicted molar refractivity (Wildman–Crippen MR) is 108 cm³/mol. The minimum absolute atomic E-state index is 1.00. The summed E-state index contributed by atoms with van der Waals surface area (Å²) in [4.78, 5) is 20.5. The van der Waals surface area contributed by atoms with E-state index in [1.165, 1.54) is 62.5 Å². The summed E-state index contributed by atoms with van der Waals surface area (Å²) in [6.45, 7) is 4.45. The van der Waals surface area contributed by atoms with Gasteiger partial charge in [0.05, 0.1) is 0 Å². The van der Waals surface area contributed by atoms with E-state index in [0.717, 1.165) is 28.7 Å². The lowest BCUT2D eigenvalue weighted by Crippen LogP contribution is -1.99. The maximum Gasteiger partial charge on any atom is 0.434 e. The van der Waals surface area contributed by atoms with E-state index >= 15 is 0 Å². The summed E-state index contributed by atoms with van der Waals surface area (Å²) in [6.07, 6.45) is 12.1. The van der Waals surface area contributed by atoms with Crippen LogP contribution in [-0.4, -0.2) is 9.79 Å². The first-order valence-corrected chi connectivity index (χ1v) is 13.1. The average molecular weight is 376 g/mol. The van der Waals surface area contributed by atoms with Crippen molar-refractivity contribution in [1.29, 1.82) is 0 Å². The first-order chi connectivity index (χ1) is 11.0. The third kappa shape index (κ3) is 9.26. The highest BCUT2D eigenvalue weighted by atomic mass is 32.9. The number of thiol groups is 1. The maximum atomic E-state index is 9.74.